The third-order valence-corrected chi connectivity index (χ3v) is 3.85. The Morgan fingerprint density at radius 2 is 1.86 bits per heavy atom. The summed E-state index contributed by atoms with van der Waals surface area (Å²) in [5.41, 5.74) is 0.997. The number of para-hydroxylation sites is 1. The van der Waals surface area contributed by atoms with E-state index in [0.29, 0.717) is 16.4 Å². The van der Waals surface area contributed by atoms with Crippen LogP contribution < -0.4 is 10.2 Å². The van der Waals surface area contributed by atoms with Gasteiger partial charge in [-0.25, -0.2) is 4.98 Å². The van der Waals surface area contributed by atoms with Gasteiger partial charge in [-0.15, -0.1) is 0 Å². The Balaban J connectivity index is 1.78. The second-order valence-electron chi connectivity index (χ2n) is 5.01. The van der Waals surface area contributed by atoms with Gasteiger partial charge in [-0.1, -0.05) is 29.8 Å². The van der Waals surface area contributed by atoms with Crippen LogP contribution in [-0.4, -0.2) is 24.0 Å². The molecule has 2 aromatic rings. The van der Waals surface area contributed by atoms with Crippen LogP contribution in [0.15, 0.2) is 42.5 Å². The second-order valence-corrected chi connectivity index (χ2v) is 5.42. The van der Waals surface area contributed by atoms with E-state index in [4.69, 9.17) is 11.6 Å². The van der Waals surface area contributed by atoms with Crippen LogP contribution in [0.4, 0.5) is 11.5 Å². The zero-order chi connectivity index (χ0) is 14.7. The molecular formula is C16H16ClN3O. The first-order valence-electron chi connectivity index (χ1n) is 7.02. The molecule has 0 spiro atoms. The summed E-state index contributed by atoms with van der Waals surface area (Å²) >= 11 is 6.05. The van der Waals surface area contributed by atoms with E-state index in [1.165, 1.54) is 12.8 Å². The number of nitrogens with zero attached hydrogens (tertiary/aromatic N) is 2. The molecule has 4 nitrogen and oxygen atoms in total. The van der Waals surface area contributed by atoms with E-state index in [1.807, 2.05) is 24.3 Å². The zero-order valence-corrected chi connectivity index (χ0v) is 12.3. The highest BCUT2D eigenvalue weighted by atomic mass is 35.5. The number of aromatic nitrogens is 1. The van der Waals surface area contributed by atoms with Crippen LogP contribution in [0.3, 0.4) is 0 Å². The summed E-state index contributed by atoms with van der Waals surface area (Å²) in [5.74, 6) is 0.614. The largest absolute Gasteiger partial charge is 0.357 e. The lowest BCUT2D eigenvalue weighted by Crippen LogP contribution is -2.21. The van der Waals surface area contributed by atoms with Gasteiger partial charge in [0, 0.05) is 13.1 Å². The van der Waals surface area contributed by atoms with Gasteiger partial charge in [0.1, 0.15) is 11.5 Å². The highest BCUT2D eigenvalue weighted by Crippen LogP contribution is 2.22. The smallest absolute Gasteiger partial charge is 0.274 e. The lowest BCUT2D eigenvalue weighted by atomic mass is 10.3. The summed E-state index contributed by atoms with van der Waals surface area (Å²) in [6.07, 6.45) is 2.36. The van der Waals surface area contributed by atoms with Crippen molar-refractivity contribution in [2.24, 2.45) is 0 Å². The van der Waals surface area contributed by atoms with Crippen molar-refractivity contribution in [3.63, 3.8) is 0 Å². The van der Waals surface area contributed by atoms with Crippen LogP contribution in [0, 0.1) is 0 Å². The third kappa shape index (κ3) is 3.16. The molecule has 108 valence electrons. The molecular weight excluding hydrogens is 286 g/mol. The average molecular weight is 302 g/mol. The van der Waals surface area contributed by atoms with E-state index in [0.717, 1.165) is 18.9 Å². The Bertz CT molecular complexity index is 653. The number of anilines is 2. The van der Waals surface area contributed by atoms with Crippen molar-refractivity contribution in [2.75, 3.05) is 23.3 Å². The van der Waals surface area contributed by atoms with Crippen LogP contribution in [0.2, 0.25) is 5.02 Å². The van der Waals surface area contributed by atoms with Gasteiger partial charge in [0.05, 0.1) is 10.7 Å². The maximum Gasteiger partial charge on any atom is 0.274 e. The first kappa shape index (κ1) is 13.9. The van der Waals surface area contributed by atoms with Crippen molar-refractivity contribution in [2.45, 2.75) is 12.8 Å². The Labute approximate surface area is 128 Å². The number of nitrogens with one attached hydrogen (secondary N) is 1. The molecule has 0 atom stereocenters. The van der Waals surface area contributed by atoms with Crippen LogP contribution in [0.1, 0.15) is 23.3 Å². The molecule has 1 amide bonds. The van der Waals surface area contributed by atoms with Crippen molar-refractivity contribution in [3.05, 3.63) is 53.2 Å². The second kappa shape index (κ2) is 6.14. The predicted octanol–water partition coefficient (Wildman–Crippen LogP) is 3.59. The number of rotatable bonds is 3. The fourth-order valence-corrected chi connectivity index (χ4v) is 2.60. The van der Waals surface area contributed by atoms with Crippen LogP contribution in [-0.2, 0) is 0 Å². The summed E-state index contributed by atoms with van der Waals surface area (Å²) in [6, 6.07) is 12.7. The van der Waals surface area contributed by atoms with Crippen LogP contribution in [0.25, 0.3) is 0 Å². The molecule has 1 saturated heterocycles. The van der Waals surface area contributed by atoms with E-state index in [1.54, 1.807) is 18.2 Å². The summed E-state index contributed by atoms with van der Waals surface area (Å²) in [7, 11) is 0. The Hall–Kier alpha value is -2.07. The molecule has 21 heavy (non-hydrogen) atoms. The number of hydrogen-bond acceptors (Lipinski definition) is 3. The minimum Gasteiger partial charge on any atom is -0.357 e. The SMILES string of the molecule is O=C(Nc1ccccc1Cl)c1cccc(N2CCCC2)n1. The van der Waals surface area contributed by atoms with E-state index >= 15 is 0 Å². The van der Waals surface area contributed by atoms with E-state index in [-0.39, 0.29) is 5.91 Å². The Morgan fingerprint density at radius 3 is 2.62 bits per heavy atom. The molecule has 0 aliphatic carbocycles. The third-order valence-electron chi connectivity index (χ3n) is 3.52. The molecule has 0 saturated carbocycles. The number of amides is 1. The van der Waals surface area contributed by atoms with E-state index < -0.39 is 0 Å². The van der Waals surface area contributed by atoms with Gasteiger partial charge in [-0.05, 0) is 37.1 Å². The fraction of sp³-hybridized carbons (Fsp3) is 0.250. The molecule has 1 N–H and O–H groups in total. The summed E-state index contributed by atoms with van der Waals surface area (Å²) < 4.78 is 0. The van der Waals surface area contributed by atoms with Crippen molar-refractivity contribution in [1.82, 2.24) is 4.98 Å². The van der Waals surface area contributed by atoms with Gasteiger partial charge in [-0.3, -0.25) is 4.79 Å². The van der Waals surface area contributed by atoms with Crippen molar-refractivity contribution >= 4 is 29.0 Å². The van der Waals surface area contributed by atoms with Gasteiger partial charge >= 0.3 is 0 Å². The highest BCUT2D eigenvalue weighted by Gasteiger charge is 2.16. The molecule has 5 heteroatoms. The Morgan fingerprint density at radius 1 is 1.10 bits per heavy atom. The van der Waals surface area contributed by atoms with Crippen molar-refractivity contribution in [3.8, 4) is 0 Å². The van der Waals surface area contributed by atoms with Crippen LogP contribution in [0.5, 0.6) is 0 Å². The number of carbonyl (C=O) groups excluding carboxylic acids is 1. The molecule has 1 aromatic carbocycles. The van der Waals surface area contributed by atoms with Gasteiger partial charge in [0.25, 0.3) is 5.91 Å². The zero-order valence-electron chi connectivity index (χ0n) is 11.6. The molecule has 1 fully saturated rings. The van der Waals surface area contributed by atoms with Crippen LogP contribution >= 0.6 is 11.6 Å². The van der Waals surface area contributed by atoms with Crippen molar-refractivity contribution in [1.29, 1.82) is 0 Å². The van der Waals surface area contributed by atoms with Gasteiger partial charge in [0.15, 0.2) is 0 Å². The molecule has 0 radical (unpaired) electrons. The Kier molecular flexibility index (Phi) is 4.06. The lowest BCUT2D eigenvalue weighted by molar-refractivity contribution is 0.102. The number of pyridine rings is 1. The number of hydrogen-bond donors (Lipinski definition) is 1. The first-order chi connectivity index (χ1) is 10.2. The molecule has 1 aliphatic heterocycles. The predicted molar refractivity (Wildman–Crippen MR) is 85.1 cm³/mol. The van der Waals surface area contributed by atoms with E-state index in [2.05, 4.69) is 15.2 Å². The normalized spacial score (nSPS) is 14.2. The number of halogens is 1. The summed E-state index contributed by atoms with van der Waals surface area (Å²) in [4.78, 5) is 18.9. The molecule has 1 aliphatic rings. The summed E-state index contributed by atoms with van der Waals surface area (Å²) in [6.45, 7) is 2.01. The van der Waals surface area contributed by atoms with Crippen molar-refractivity contribution < 1.29 is 4.79 Å². The minimum atomic E-state index is -0.246. The summed E-state index contributed by atoms with van der Waals surface area (Å²) in [5, 5.41) is 3.31. The van der Waals surface area contributed by atoms with Gasteiger partial charge in [-0.2, -0.15) is 0 Å². The van der Waals surface area contributed by atoms with E-state index in [9.17, 15) is 4.79 Å². The molecule has 0 bridgehead atoms. The average Bonchev–Trinajstić information content (AvgIpc) is 3.04. The number of benzene rings is 1. The topological polar surface area (TPSA) is 45.2 Å². The van der Waals surface area contributed by atoms with Gasteiger partial charge < -0.3 is 10.2 Å². The molecule has 1 aromatic heterocycles. The highest BCUT2D eigenvalue weighted by molar-refractivity contribution is 6.33. The quantitative estimate of drug-likeness (QED) is 0.942. The molecule has 2 heterocycles. The van der Waals surface area contributed by atoms with Gasteiger partial charge in [0.2, 0.25) is 0 Å². The maximum absolute atomic E-state index is 12.3. The lowest BCUT2D eigenvalue weighted by Gasteiger charge is -2.16. The minimum absolute atomic E-state index is 0.246. The number of carbonyl (C=O) groups is 1. The first-order valence-corrected chi connectivity index (χ1v) is 7.40. The standard InChI is InChI=1S/C16H16ClN3O/c17-12-6-1-2-7-13(12)19-16(21)14-8-5-9-15(18-14)20-10-3-4-11-20/h1-2,5-9H,3-4,10-11H2,(H,19,21). The molecule has 0 unspecified atom stereocenters. The maximum atomic E-state index is 12.3. The molecule has 3 rings (SSSR count). The fourth-order valence-electron chi connectivity index (χ4n) is 2.42. The monoisotopic (exact) mass is 301 g/mol.